The van der Waals surface area contributed by atoms with Crippen molar-refractivity contribution in [3.05, 3.63) is 34.5 Å². The van der Waals surface area contributed by atoms with E-state index in [1.54, 1.807) is 6.07 Å². The topological polar surface area (TPSA) is 3.24 Å². The highest BCUT2D eigenvalue weighted by atomic mass is 32.1. The second kappa shape index (κ2) is 5.79. The second-order valence-corrected chi connectivity index (χ2v) is 5.33. The molecule has 1 aliphatic rings. The smallest absolute Gasteiger partial charge is 0.147 e. The molecule has 0 amide bonds. The molecule has 1 heterocycles. The van der Waals surface area contributed by atoms with Crippen LogP contribution in [0.4, 0.5) is 10.1 Å². The Labute approximate surface area is 114 Å². The van der Waals surface area contributed by atoms with Crippen LogP contribution in [0, 0.1) is 5.82 Å². The lowest BCUT2D eigenvalue weighted by Crippen LogP contribution is -2.18. The summed E-state index contributed by atoms with van der Waals surface area (Å²) in [5, 5.41) is 0. The Bertz CT molecular complexity index is 462. The summed E-state index contributed by atoms with van der Waals surface area (Å²) in [6, 6.07) is 5.53. The monoisotopic (exact) mass is 265 g/mol. The van der Waals surface area contributed by atoms with Gasteiger partial charge in [0.05, 0.1) is 5.69 Å². The maximum absolute atomic E-state index is 14.1. The summed E-state index contributed by atoms with van der Waals surface area (Å²) in [6.45, 7) is 5.99. The van der Waals surface area contributed by atoms with E-state index >= 15 is 0 Å². The first-order valence-electron chi connectivity index (χ1n) is 6.57. The molecule has 98 valence electrons. The third-order valence-electron chi connectivity index (χ3n) is 3.60. The maximum atomic E-state index is 14.1. The zero-order chi connectivity index (χ0) is 13.1. The standard InChI is InChI=1S/C15H20FNS/c1-3-15(18)11(2)12-6-7-14(13(16)10-12)17-8-4-5-9-17/h6-7,10,18H,3-5,8-9H2,1-2H3/b15-11+. The van der Waals surface area contributed by atoms with Crippen LogP contribution in [-0.4, -0.2) is 13.1 Å². The van der Waals surface area contributed by atoms with E-state index in [1.807, 2.05) is 19.1 Å². The van der Waals surface area contributed by atoms with Crippen molar-refractivity contribution < 1.29 is 4.39 Å². The highest BCUT2D eigenvalue weighted by Crippen LogP contribution is 2.29. The fourth-order valence-electron chi connectivity index (χ4n) is 2.39. The molecule has 1 nitrogen and oxygen atoms in total. The van der Waals surface area contributed by atoms with Gasteiger partial charge in [0.1, 0.15) is 5.82 Å². The molecule has 0 radical (unpaired) electrons. The fourth-order valence-corrected chi connectivity index (χ4v) is 2.52. The van der Waals surface area contributed by atoms with E-state index in [0.29, 0.717) is 0 Å². The van der Waals surface area contributed by atoms with Gasteiger partial charge in [0.15, 0.2) is 0 Å². The molecular formula is C15H20FNS. The molecule has 1 aromatic carbocycles. The molecule has 0 aromatic heterocycles. The van der Waals surface area contributed by atoms with Gasteiger partial charge in [0, 0.05) is 13.1 Å². The summed E-state index contributed by atoms with van der Waals surface area (Å²) < 4.78 is 14.1. The Morgan fingerprint density at radius 3 is 2.56 bits per heavy atom. The predicted octanol–water partition coefficient (Wildman–Crippen LogP) is 4.50. The molecule has 1 aliphatic heterocycles. The number of rotatable bonds is 3. The molecule has 2 rings (SSSR count). The van der Waals surface area contributed by atoms with Crippen molar-refractivity contribution >= 4 is 23.9 Å². The van der Waals surface area contributed by atoms with Crippen molar-refractivity contribution in [1.29, 1.82) is 0 Å². The van der Waals surface area contributed by atoms with Crippen molar-refractivity contribution in [1.82, 2.24) is 0 Å². The third-order valence-corrected chi connectivity index (χ3v) is 4.25. The Kier molecular flexibility index (Phi) is 4.33. The van der Waals surface area contributed by atoms with Crippen LogP contribution in [0.1, 0.15) is 38.7 Å². The van der Waals surface area contributed by atoms with E-state index in [0.717, 1.165) is 54.1 Å². The number of benzene rings is 1. The van der Waals surface area contributed by atoms with Crippen LogP contribution in [-0.2, 0) is 0 Å². The molecule has 0 N–H and O–H groups in total. The van der Waals surface area contributed by atoms with Crippen LogP contribution in [0.5, 0.6) is 0 Å². The van der Waals surface area contributed by atoms with Crippen molar-refractivity contribution in [2.24, 2.45) is 0 Å². The SMILES string of the molecule is CC/C(S)=C(/C)c1ccc(N2CCCC2)c(F)c1. The summed E-state index contributed by atoms with van der Waals surface area (Å²) in [5.41, 5.74) is 2.73. The second-order valence-electron chi connectivity index (χ2n) is 4.79. The highest BCUT2D eigenvalue weighted by Gasteiger charge is 2.16. The summed E-state index contributed by atoms with van der Waals surface area (Å²) in [5.74, 6) is -0.119. The van der Waals surface area contributed by atoms with Gasteiger partial charge in [-0.15, -0.1) is 12.6 Å². The van der Waals surface area contributed by atoms with Gasteiger partial charge in [-0.05, 0) is 54.4 Å². The van der Waals surface area contributed by atoms with Crippen LogP contribution < -0.4 is 4.90 Å². The van der Waals surface area contributed by atoms with Gasteiger partial charge in [-0.2, -0.15) is 0 Å². The Hall–Kier alpha value is -0.960. The molecule has 0 unspecified atom stereocenters. The summed E-state index contributed by atoms with van der Waals surface area (Å²) in [7, 11) is 0. The predicted molar refractivity (Wildman–Crippen MR) is 79.7 cm³/mol. The highest BCUT2D eigenvalue weighted by molar-refractivity contribution is 7.84. The first-order valence-corrected chi connectivity index (χ1v) is 7.01. The number of hydrogen-bond acceptors (Lipinski definition) is 2. The lowest BCUT2D eigenvalue weighted by Gasteiger charge is -2.19. The molecule has 1 fully saturated rings. The number of thiol groups is 1. The van der Waals surface area contributed by atoms with E-state index in [-0.39, 0.29) is 5.82 Å². The van der Waals surface area contributed by atoms with Crippen LogP contribution in [0.3, 0.4) is 0 Å². The van der Waals surface area contributed by atoms with Gasteiger partial charge < -0.3 is 4.90 Å². The molecule has 18 heavy (non-hydrogen) atoms. The largest absolute Gasteiger partial charge is 0.369 e. The minimum atomic E-state index is -0.119. The zero-order valence-electron chi connectivity index (χ0n) is 11.0. The number of hydrogen-bond donors (Lipinski definition) is 1. The van der Waals surface area contributed by atoms with Crippen LogP contribution >= 0.6 is 12.6 Å². The number of nitrogens with zero attached hydrogens (tertiary/aromatic N) is 1. The van der Waals surface area contributed by atoms with Crippen LogP contribution in [0.15, 0.2) is 23.1 Å². The fraction of sp³-hybridized carbons (Fsp3) is 0.467. The first kappa shape index (κ1) is 13.5. The summed E-state index contributed by atoms with van der Waals surface area (Å²) in [4.78, 5) is 3.14. The van der Waals surface area contributed by atoms with Gasteiger partial charge in [-0.25, -0.2) is 4.39 Å². The quantitative estimate of drug-likeness (QED) is 0.788. The molecule has 0 atom stereocenters. The molecule has 0 aliphatic carbocycles. The molecule has 1 aromatic rings. The average molecular weight is 265 g/mol. The number of halogens is 1. The van der Waals surface area contributed by atoms with Crippen molar-refractivity contribution in [3.63, 3.8) is 0 Å². The maximum Gasteiger partial charge on any atom is 0.147 e. The van der Waals surface area contributed by atoms with Crippen molar-refractivity contribution in [2.75, 3.05) is 18.0 Å². The Morgan fingerprint density at radius 2 is 2.00 bits per heavy atom. The lowest BCUT2D eigenvalue weighted by atomic mass is 10.1. The first-order chi connectivity index (χ1) is 8.63. The van der Waals surface area contributed by atoms with Gasteiger partial charge in [-0.1, -0.05) is 13.0 Å². The van der Waals surface area contributed by atoms with Crippen molar-refractivity contribution in [3.8, 4) is 0 Å². The molecule has 0 bridgehead atoms. The summed E-state index contributed by atoms with van der Waals surface area (Å²) in [6.07, 6.45) is 3.21. The zero-order valence-corrected chi connectivity index (χ0v) is 11.9. The van der Waals surface area contributed by atoms with Gasteiger partial charge in [-0.3, -0.25) is 0 Å². The molecule has 0 spiro atoms. The lowest BCUT2D eigenvalue weighted by molar-refractivity contribution is 0.622. The number of anilines is 1. The van der Waals surface area contributed by atoms with E-state index in [2.05, 4.69) is 24.5 Å². The van der Waals surface area contributed by atoms with Gasteiger partial charge >= 0.3 is 0 Å². The number of allylic oxidation sites excluding steroid dienone is 2. The Balaban J connectivity index is 2.30. The molecule has 0 saturated carbocycles. The van der Waals surface area contributed by atoms with Gasteiger partial charge in [0.25, 0.3) is 0 Å². The minimum absolute atomic E-state index is 0.119. The third kappa shape index (κ3) is 2.72. The summed E-state index contributed by atoms with van der Waals surface area (Å²) >= 11 is 4.43. The van der Waals surface area contributed by atoms with E-state index in [1.165, 1.54) is 0 Å². The Morgan fingerprint density at radius 1 is 1.33 bits per heavy atom. The van der Waals surface area contributed by atoms with Gasteiger partial charge in [0.2, 0.25) is 0 Å². The minimum Gasteiger partial charge on any atom is -0.369 e. The normalized spacial score (nSPS) is 17.0. The molecule has 3 heteroatoms. The molecular weight excluding hydrogens is 245 g/mol. The molecule has 1 saturated heterocycles. The van der Waals surface area contributed by atoms with E-state index in [9.17, 15) is 4.39 Å². The van der Waals surface area contributed by atoms with Crippen LogP contribution in [0.25, 0.3) is 5.57 Å². The van der Waals surface area contributed by atoms with E-state index < -0.39 is 0 Å². The van der Waals surface area contributed by atoms with Crippen LogP contribution in [0.2, 0.25) is 0 Å². The van der Waals surface area contributed by atoms with E-state index in [4.69, 9.17) is 0 Å². The van der Waals surface area contributed by atoms with Crippen molar-refractivity contribution in [2.45, 2.75) is 33.1 Å². The average Bonchev–Trinajstić information content (AvgIpc) is 2.90.